The number of nitrogens with one attached hydrogen (secondary N) is 1. The summed E-state index contributed by atoms with van der Waals surface area (Å²) >= 11 is 0. The Bertz CT molecular complexity index is 1020. The Hall–Kier alpha value is -3.71. The largest absolute Gasteiger partial charge is 0.384 e. The number of anilines is 2. The zero-order chi connectivity index (χ0) is 22.5. The van der Waals surface area contributed by atoms with Gasteiger partial charge in [-0.15, -0.1) is 0 Å². The molecule has 2 amide bonds. The quantitative estimate of drug-likeness (QED) is 0.557. The van der Waals surface area contributed by atoms with Crippen LogP contribution < -0.4 is 16.8 Å². The van der Waals surface area contributed by atoms with Crippen LogP contribution in [0.4, 0.5) is 11.5 Å². The third-order valence-corrected chi connectivity index (χ3v) is 5.85. The molecular formula is C25H27N5O2. The van der Waals surface area contributed by atoms with E-state index in [0.29, 0.717) is 24.5 Å². The standard InChI is InChI=1S/C25H27N5O2/c26-21-14-13-19(16-28-21)29-24(31)20-12-7-15-30(20)25(32)23(27)22(17-8-3-1-4-9-17)18-10-5-2-6-11-18/h1-6,8-11,13-14,16,20,22-23H,7,12,15,27H2,(H2,26,28)(H,29,31)/t20-,23+/m0/s1. The van der Waals surface area contributed by atoms with Gasteiger partial charge in [0.2, 0.25) is 11.8 Å². The highest BCUT2D eigenvalue weighted by atomic mass is 16.2. The van der Waals surface area contributed by atoms with Crippen molar-refractivity contribution in [1.29, 1.82) is 0 Å². The number of pyridine rings is 1. The van der Waals surface area contributed by atoms with E-state index in [1.165, 1.54) is 6.20 Å². The highest BCUT2D eigenvalue weighted by Gasteiger charge is 2.39. The normalized spacial score (nSPS) is 16.7. The molecule has 4 rings (SSSR count). The molecule has 1 aliphatic rings. The van der Waals surface area contributed by atoms with Crippen molar-refractivity contribution >= 4 is 23.3 Å². The number of nitrogens with zero attached hydrogens (tertiary/aromatic N) is 2. The monoisotopic (exact) mass is 429 g/mol. The van der Waals surface area contributed by atoms with Gasteiger partial charge in [0.05, 0.1) is 17.9 Å². The van der Waals surface area contributed by atoms with Gasteiger partial charge in [0.25, 0.3) is 0 Å². The maximum Gasteiger partial charge on any atom is 0.247 e. The van der Waals surface area contributed by atoms with E-state index in [1.54, 1.807) is 17.0 Å². The third kappa shape index (κ3) is 4.63. The van der Waals surface area contributed by atoms with Gasteiger partial charge in [-0.05, 0) is 36.1 Å². The van der Waals surface area contributed by atoms with Crippen LogP contribution in [0.2, 0.25) is 0 Å². The maximum atomic E-state index is 13.5. The second-order valence-corrected chi connectivity index (χ2v) is 7.98. The molecule has 2 aromatic carbocycles. The summed E-state index contributed by atoms with van der Waals surface area (Å²) in [4.78, 5) is 32.1. The van der Waals surface area contributed by atoms with Gasteiger partial charge < -0.3 is 21.7 Å². The maximum absolute atomic E-state index is 13.5. The van der Waals surface area contributed by atoms with E-state index in [9.17, 15) is 9.59 Å². The lowest BCUT2D eigenvalue weighted by Crippen LogP contribution is -2.51. The molecule has 2 heterocycles. The van der Waals surface area contributed by atoms with Crippen molar-refractivity contribution in [2.24, 2.45) is 5.73 Å². The summed E-state index contributed by atoms with van der Waals surface area (Å²) in [6, 6.07) is 21.5. The number of rotatable bonds is 6. The number of benzene rings is 2. The summed E-state index contributed by atoms with van der Waals surface area (Å²) in [6.07, 6.45) is 2.84. The average molecular weight is 430 g/mol. The molecule has 7 nitrogen and oxygen atoms in total. The minimum absolute atomic E-state index is 0.226. The molecule has 0 bridgehead atoms. The van der Waals surface area contributed by atoms with Gasteiger partial charge in [-0.1, -0.05) is 60.7 Å². The number of aromatic nitrogens is 1. The Morgan fingerprint density at radius 1 is 0.969 bits per heavy atom. The van der Waals surface area contributed by atoms with E-state index in [4.69, 9.17) is 11.5 Å². The molecule has 1 fully saturated rings. The number of carbonyl (C=O) groups is 2. The van der Waals surface area contributed by atoms with Crippen molar-refractivity contribution in [2.45, 2.75) is 30.8 Å². The minimum atomic E-state index is -0.814. The van der Waals surface area contributed by atoms with Crippen LogP contribution in [0.25, 0.3) is 0 Å². The van der Waals surface area contributed by atoms with Crippen LogP contribution in [0, 0.1) is 0 Å². The number of amides is 2. The van der Waals surface area contributed by atoms with Crippen LogP contribution in [0.15, 0.2) is 79.0 Å². The van der Waals surface area contributed by atoms with Crippen molar-refractivity contribution in [3.05, 3.63) is 90.1 Å². The highest BCUT2D eigenvalue weighted by Crippen LogP contribution is 2.30. The predicted molar refractivity (Wildman–Crippen MR) is 125 cm³/mol. The lowest BCUT2D eigenvalue weighted by molar-refractivity contribution is -0.138. The first-order chi connectivity index (χ1) is 15.5. The molecule has 1 aromatic heterocycles. The summed E-state index contributed by atoms with van der Waals surface area (Å²) < 4.78 is 0. The van der Waals surface area contributed by atoms with E-state index in [1.807, 2.05) is 60.7 Å². The molecule has 0 aliphatic carbocycles. The fourth-order valence-corrected chi connectivity index (χ4v) is 4.27. The van der Waals surface area contributed by atoms with Gasteiger partial charge in [-0.3, -0.25) is 9.59 Å². The molecule has 1 aliphatic heterocycles. The lowest BCUT2D eigenvalue weighted by atomic mass is 9.84. The first-order valence-corrected chi connectivity index (χ1v) is 10.7. The van der Waals surface area contributed by atoms with Crippen LogP contribution in [0.1, 0.15) is 29.9 Å². The molecule has 0 radical (unpaired) electrons. The molecule has 1 saturated heterocycles. The number of likely N-dealkylation sites (tertiary alicyclic amines) is 1. The molecule has 0 spiro atoms. The van der Waals surface area contributed by atoms with Gasteiger partial charge in [-0.2, -0.15) is 0 Å². The van der Waals surface area contributed by atoms with Gasteiger partial charge in [-0.25, -0.2) is 4.98 Å². The van der Waals surface area contributed by atoms with E-state index in [0.717, 1.165) is 17.5 Å². The summed E-state index contributed by atoms with van der Waals surface area (Å²) in [7, 11) is 0. The Balaban J connectivity index is 1.55. The average Bonchev–Trinajstić information content (AvgIpc) is 3.32. The zero-order valence-corrected chi connectivity index (χ0v) is 17.7. The number of nitrogens with two attached hydrogens (primary N) is 2. The van der Waals surface area contributed by atoms with Crippen molar-refractivity contribution < 1.29 is 9.59 Å². The van der Waals surface area contributed by atoms with E-state index < -0.39 is 12.1 Å². The second-order valence-electron chi connectivity index (χ2n) is 7.98. The lowest BCUT2D eigenvalue weighted by Gasteiger charge is -2.31. The second kappa shape index (κ2) is 9.62. The van der Waals surface area contributed by atoms with E-state index >= 15 is 0 Å². The Kier molecular flexibility index (Phi) is 6.47. The van der Waals surface area contributed by atoms with Crippen molar-refractivity contribution in [3.63, 3.8) is 0 Å². The van der Waals surface area contributed by atoms with Crippen LogP contribution in [0.3, 0.4) is 0 Å². The Morgan fingerprint density at radius 3 is 2.16 bits per heavy atom. The van der Waals surface area contributed by atoms with Gasteiger partial charge in [0.15, 0.2) is 0 Å². The SMILES string of the molecule is Nc1ccc(NC(=O)[C@@H]2CCCN2C(=O)[C@H](N)C(c2ccccc2)c2ccccc2)cn1. The molecule has 5 N–H and O–H groups in total. The first kappa shape index (κ1) is 21.5. The van der Waals surface area contributed by atoms with Gasteiger partial charge >= 0.3 is 0 Å². The van der Waals surface area contributed by atoms with Crippen molar-refractivity contribution in [2.75, 3.05) is 17.6 Å². The van der Waals surface area contributed by atoms with E-state index in [-0.39, 0.29) is 17.7 Å². The fourth-order valence-electron chi connectivity index (χ4n) is 4.27. The Labute approximate surface area is 187 Å². The molecular weight excluding hydrogens is 402 g/mol. The minimum Gasteiger partial charge on any atom is -0.384 e. The van der Waals surface area contributed by atoms with Crippen molar-refractivity contribution in [3.8, 4) is 0 Å². The molecule has 7 heteroatoms. The number of carbonyl (C=O) groups excluding carboxylic acids is 2. The summed E-state index contributed by atoms with van der Waals surface area (Å²) in [5.74, 6) is -0.406. The number of hydrogen-bond acceptors (Lipinski definition) is 5. The number of hydrogen-bond donors (Lipinski definition) is 3. The third-order valence-electron chi connectivity index (χ3n) is 5.85. The summed E-state index contributed by atoms with van der Waals surface area (Å²) in [5.41, 5.74) is 14.7. The van der Waals surface area contributed by atoms with Crippen LogP contribution in [-0.2, 0) is 9.59 Å². The molecule has 0 unspecified atom stereocenters. The zero-order valence-electron chi connectivity index (χ0n) is 17.7. The van der Waals surface area contributed by atoms with Crippen LogP contribution in [-0.4, -0.2) is 40.3 Å². The summed E-state index contributed by atoms with van der Waals surface area (Å²) in [6.45, 7) is 0.501. The Morgan fingerprint density at radius 2 is 1.59 bits per heavy atom. The predicted octanol–water partition coefficient (Wildman–Crippen LogP) is 2.75. The molecule has 2 atom stereocenters. The summed E-state index contributed by atoms with van der Waals surface area (Å²) in [5, 5.41) is 2.84. The highest BCUT2D eigenvalue weighted by molar-refractivity contribution is 5.98. The molecule has 32 heavy (non-hydrogen) atoms. The van der Waals surface area contributed by atoms with E-state index in [2.05, 4.69) is 10.3 Å². The topological polar surface area (TPSA) is 114 Å². The number of nitrogen functional groups attached to an aromatic ring is 1. The van der Waals surface area contributed by atoms with Crippen molar-refractivity contribution in [1.82, 2.24) is 9.88 Å². The molecule has 164 valence electrons. The van der Waals surface area contributed by atoms with Gasteiger partial charge in [0, 0.05) is 12.5 Å². The molecule has 0 saturated carbocycles. The first-order valence-electron chi connectivity index (χ1n) is 10.7. The van der Waals surface area contributed by atoms with Crippen LogP contribution in [0.5, 0.6) is 0 Å². The molecule has 3 aromatic rings. The van der Waals surface area contributed by atoms with Gasteiger partial charge in [0.1, 0.15) is 11.9 Å². The smallest absolute Gasteiger partial charge is 0.247 e. The fraction of sp³-hybridized carbons (Fsp3) is 0.240. The van der Waals surface area contributed by atoms with Crippen LogP contribution >= 0.6 is 0 Å².